The first-order valence-electron chi connectivity index (χ1n) is 11.3. The predicted octanol–water partition coefficient (Wildman–Crippen LogP) is 2.63. The van der Waals surface area contributed by atoms with Gasteiger partial charge in [0.05, 0.1) is 33.1 Å². The summed E-state index contributed by atoms with van der Waals surface area (Å²) in [6, 6.07) is 9.84. The number of carbonyl (C=O) groups is 1. The maximum Gasteiger partial charge on any atom is 0.221 e. The fraction of sp³-hybridized carbons (Fsp3) is 0.440. The third-order valence-corrected chi connectivity index (χ3v) is 6.07. The molecule has 4 rings (SSSR count). The number of amides is 1. The lowest BCUT2D eigenvalue weighted by Crippen LogP contribution is -2.41. The number of nitrogens with one attached hydrogen (secondary N) is 1. The molecule has 1 aliphatic heterocycles. The van der Waals surface area contributed by atoms with Gasteiger partial charge in [-0.2, -0.15) is 0 Å². The molecule has 0 radical (unpaired) electrons. The number of rotatable bonds is 9. The molecule has 2 aromatic heterocycles. The quantitative estimate of drug-likeness (QED) is 0.538. The number of aromatic nitrogens is 2. The van der Waals surface area contributed by atoms with Crippen molar-refractivity contribution in [3.05, 3.63) is 59.5 Å². The van der Waals surface area contributed by atoms with Crippen LogP contribution in [-0.4, -0.2) is 73.8 Å². The maximum absolute atomic E-state index is 13.0. The highest BCUT2D eigenvalue weighted by Crippen LogP contribution is 2.34. The van der Waals surface area contributed by atoms with Crippen molar-refractivity contribution < 1.29 is 19.0 Å². The summed E-state index contributed by atoms with van der Waals surface area (Å²) in [7, 11) is 3.26. The number of ether oxygens (including phenoxy) is 3. The second-order valence-corrected chi connectivity index (χ2v) is 8.32. The number of hydrogen-bond acceptors (Lipinski definition) is 6. The van der Waals surface area contributed by atoms with Gasteiger partial charge in [-0.3, -0.25) is 9.69 Å². The zero-order valence-electron chi connectivity index (χ0n) is 19.5. The first-order chi connectivity index (χ1) is 16.1. The summed E-state index contributed by atoms with van der Waals surface area (Å²) in [5.74, 6) is 1.16. The third kappa shape index (κ3) is 5.64. The average molecular weight is 453 g/mol. The van der Waals surface area contributed by atoms with Crippen LogP contribution in [0.2, 0.25) is 0 Å². The molecule has 0 spiro atoms. The summed E-state index contributed by atoms with van der Waals surface area (Å²) in [4.78, 5) is 19.9. The van der Waals surface area contributed by atoms with E-state index in [0.717, 1.165) is 55.3 Å². The molecule has 0 aliphatic carbocycles. The number of benzene rings is 1. The molecule has 1 fully saturated rings. The standard InChI is InChI=1S/C25H32N4O4/c1-18-4-6-29-23(17-27-24(29)12-18)22(19-13-20(31-2)15-21(14-19)32-3)16-25(30)26-5-7-28-8-10-33-11-9-28/h4,6,12-15,17,22H,5,7-11,16H2,1-3H3,(H,26,30). The van der Waals surface area contributed by atoms with E-state index < -0.39 is 0 Å². The minimum atomic E-state index is -0.213. The number of morpholine rings is 1. The Kier molecular flexibility index (Phi) is 7.47. The van der Waals surface area contributed by atoms with Crippen molar-refractivity contribution in [2.45, 2.75) is 19.3 Å². The monoisotopic (exact) mass is 452 g/mol. The smallest absolute Gasteiger partial charge is 0.221 e. The van der Waals surface area contributed by atoms with Gasteiger partial charge in [0.2, 0.25) is 5.91 Å². The second kappa shape index (κ2) is 10.7. The Balaban J connectivity index is 1.58. The molecule has 0 saturated carbocycles. The van der Waals surface area contributed by atoms with E-state index in [4.69, 9.17) is 14.2 Å². The van der Waals surface area contributed by atoms with Gasteiger partial charge in [-0.25, -0.2) is 4.98 Å². The molecule has 176 valence electrons. The molecule has 1 saturated heterocycles. The molecule has 3 heterocycles. The van der Waals surface area contributed by atoms with E-state index in [1.54, 1.807) is 14.2 Å². The summed E-state index contributed by atoms with van der Waals surface area (Å²) in [6.45, 7) is 6.79. The van der Waals surface area contributed by atoms with Gasteiger partial charge in [0.1, 0.15) is 17.1 Å². The van der Waals surface area contributed by atoms with Crippen LogP contribution in [0, 0.1) is 6.92 Å². The van der Waals surface area contributed by atoms with Crippen molar-refractivity contribution in [1.82, 2.24) is 19.6 Å². The number of nitrogens with zero attached hydrogens (tertiary/aromatic N) is 3. The Labute approximate surface area is 194 Å². The van der Waals surface area contributed by atoms with Crippen LogP contribution in [0.1, 0.15) is 29.2 Å². The van der Waals surface area contributed by atoms with E-state index in [0.29, 0.717) is 24.5 Å². The third-order valence-electron chi connectivity index (χ3n) is 6.07. The Hall–Kier alpha value is -3.10. The Morgan fingerprint density at radius 2 is 1.88 bits per heavy atom. The van der Waals surface area contributed by atoms with Crippen molar-refractivity contribution in [2.24, 2.45) is 0 Å². The fourth-order valence-corrected chi connectivity index (χ4v) is 4.22. The van der Waals surface area contributed by atoms with Crippen LogP contribution in [0.3, 0.4) is 0 Å². The van der Waals surface area contributed by atoms with Crippen LogP contribution in [0.25, 0.3) is 5.65 Å². The van der Waals surface area contributed by atoms with E-state index in [1.807, 2.05) is 54.0 Å². The lowest BCUT2D eigenvalue weighted by molar-refractivity contribution is -0.121. The summed E-state index contributed by atoms with van der Waals surface area (Å²) < 4.78 is 18.4. The van der Waals surface area contributed by atoms with Gasteiger partial charge in [-0.1, -0.05) is 0 Å². The van der Waals surface area contributed by atoms with Crippen molar-refractivity contribution in [3.8, 4) is 11.5 Å². The zero-order chi connectivity index (χ0) is 23.2. The number of imidazole rings is 1. The van der Waals surface area contributed by atoms with Gasteiger partial charge < -0.3 is 23.9 Å². The molecular formula is C25H32N4O4. The minimum Gasteiger partial charge on any atom is -0.497 e. The summed E-state index contributed by atoms with van der Waals surface area (Å²) in [6.07, 6.45) is 4.15. The second-order valence-electron chi connectivity index (χ2n) is 8.32. The number of hydrogen-bond donors (Lipinski definition) is 1. The molecule has 8 heteroatoms. The molecular weight excluding hydrogens is 420 g/mol. The number of methoxy groups -OCH3 is 2. The van der Waals surface area contributed by atoms with Gasteiger partial charge in [0, 0.05) is 57.0 Å². The lowest BCUT2D eigenvalue weighted by Gasteiger charge is -2.26. The van der Waals surface area contributed by atoms with Gasteiger partial charge in [-0.15, -0.1) is 0 Å². The van der Waals surface area contributed by atoms with E-state index in [2.05, 4.69) is 15.2 Å². The van der Waals surface area contributed by atoms with E-state index in [9.17, 15) is 4.79 Å². The van der Waals surface area contributed by atoms with Crippen molar-refractivity contribution in [1.29, 1.82) is 0 Å². The minimum absolute atomic E-state index is 0.00268. The van der Waals surface area contributed by atoms with E-state index in [-0.39, 0.29) is 11.8 Å². The van der Waals surface area contributed by atoms with Crippen molar-refractivity contribution in [3.63, 3.8) is 0 Å². The van der Waals surface area contributed by atoms with Gasteiger partial charge >= 0.3 is 0 Å². The zero-order valence-corrected chi connectivity index (χ0v) is 19.5. The number of carbonyl (C=O) groups excluding carboxylic acids is 1. The average Bonchev–Trinajstić information content (AvgIpc) is 3.25. The SMILES string of the molecule is COc1cc(OC)cc(C(CC(=O)NCCN2CCOCC2)c2cnc3cc(C)ccn23)c1. The van der Waals surface area contributed by atoms with E-state index in [1.165, 1.54) is 0 Å². The largest absolute Gasteiger partial charge is 0.497 e. The van der Waals surface area contributed by atoms with Crippen LogP contribution in [0.4, 0.5) is 0 Å². The Morgan fingerprint density at radius 1 is 1.15 bits per heavy atom. The highest BCUT2D eigenvalue weighted by atomic mass is 16.5. The van der Waals surface area contributed by atoms with Gasteiger partial charge in [0.25, 0.3) is 0 Å². The number of aryl methyl sites for hydroxylation is 1. The first-order valence-corrected chi connectivity index (χ1v) is 11.3. The van der Waals surface area contributed by atoms with Crippen LogP contribution < -0.4 is 14.8 Å². The maximum atomic E-state index is 13.0. The Bertz CT molecular complexity index is 1070. The molecule has 1 N–H and O–H groups in total. The molecule has 1 amide bonds. The van der Waals surface area contributed by atoms with Crippen molar-refractivity contribution >= 4 is 11.6 Å². The fourth-order valence-electron chi connectivity index (χ4n) is 4.22. The summed E-state index contributed by atoms with van der Waals surface area (Å²) >= 11 is 0. The highest BCUT2D eigenvalue weighted by molar-refractivity contribution is 5.77. The highest BCUT2D eigenvalue weighted by Gasteiger charge is 2.23. The van der Waals surface area contributed by atoms with Gasteiger partial charge in [0.15, 0.2) is 0 Å². The normalized spacial score (nSPS) is 15.4. The van der Waals surface area contributed by atoms with Crippen LogP contribution >= 0.6 is 0 Å². The molecule has 1 aromatic carbocycles. The predicted molar refractivity (Wildman–Crippen MR) is 126 cm³/mol. The molecule has 33 heavy (non-hydrogen) atoms. The molecule has 1 atom stereocenters. The lowest BCUT2D eigenvalue weighted by atomic mass is 9.91. The van der Waals surface area contributed by atoms with Crippen LogP contribution in [0.15, 0.2) is 42.7 Å². The molecule has 0 bridgehead atoms. The first kappa shape index (κ1) is 23.1. The molecule has 1 aliphatic rings. The summed E-state index contributed by atoms with van der Waals surface area (Å²) in [5, 5.41) is 3.09. The topological polar surface area (TPSA) is 77.3 Å². The molecule has 1 unspecified atom stereocenters. The van der Waals surface area contributed by atoms with Crippen LogP contribution in [-0.2, 0) is 9.53 Å². The van der Waals surface area contributed by atoms with Crippen LogP contribution in [0.5, 0.6) is 11.5 Å². The van der Waals surface area contributed by atoms with E-state index >= 15 is 0 Å². The molecule has 8 nitrogen and oxygen atoms in total. The van der Waals surface area contributed by atoms with Gasteiger partial charge in [-0.05, 0) is 42.3 Å². The number of pyridine rings is 1. The Morgan fingerprint density at radius 3 is 2.58 bits per heavy atom. The molecule has 3 aromatic rings. The van der Waals surface area contributed by atoms with Crippen molar-refractivity contribution in [2.75, 3.05) is 53.6 Å². The summed E-state index contributed by atoms with van der Waals surface area (Å²) in [5.41, 5.74) is 3.89. The number of fused-ring (bicyclic) bond motifs is 1.